The zero-order valence-corrected chi connectivity index (χ0v) is 32.7. The standard InChI is InChI=1S/C56H37NO2/c1-55(2)44-20-8-5-16-38(44)40-29-27-35(32-48(40)55)57(50-23-13-19-43-42-18-7-11-24-51(42)58-54(43)50)36-28-30-41-39-17-6-9-21-45(39)56(49(41)33-36)46-22-10-12-25-52(46)59-53-37-15-4-3-14-34(37)26-31-47(53)56/h3-33H,1-2H3. The number of rotatable bonds is 3. The smallest absolute Gasteiger partial charge is 0.159 e. The third kappa shape index (κ3) is 4.21. The van der Waals surface area contributed by atoms with E-state index in [0.29, 0.717) is 0 Å². The van der Waals surface area contributed by atoms with Crippen LogP contribution in [0.4, 0.5) is 17.1 Å². The van der Waals surface area contributed by atoms with Crippen molar-refractivity contribution in [2.45, 2.75) is 24.7 Å². The van der Waals surface area contributed by atoms with Crippen molar-refractivity contribution in [2.75, 3.05) is 4.90 Å². The second kappa shape index (κ2) is 11.6. The van der Waals surface area contributed by atoms with Gasteiger partial charge in [0, 0.05) is 44.1 Å². The van der Waals surface area contributed by atoms with Crippen molar-refractivity contribution in [1.82, 2.24) is 0 Å². The highest BCUT2D eigenvalue weighted by atomic mass is 16.5. The van der Waals surface area contributed by atoms with Crippen LogP contribution >= 0.6 is 0 Å². The van der Waals surface area contributed by atoms with Gasteiger partial charge in [-0.15, -0.1) is 0 Å². The van der Waals surface area contributed by atoms with Gasteiger partial charge >= 0.3 is 0 Å². The largest absolute Gasteiger partial charge is 0.456 e. The Labute approximate surface area is 342 Å². The van der Waals surface area contributed by atoms with E-state index in [1.165, 1.54) is 44.5 Å². The first-order chi connectivity index (χ1) is 29.0. The van der Waals surface area contributed by atoms with E-state index in [2.05, 4.69) is 201 Å². The van der Waals surface area contributed by atoms with Gasteiger partial charge in [-0.3, -0.25) is 0 Å². The van der Waals surface area contributed by atoms with Crippen LogP contribution in [0.2, 0.25) is 0 Å². The van der Waals surface area contributed by atoms with Crippen molar-refractivity contribution in [3.63, 3.8) is 0 Å². The van der Waals surface area contributed by atoms with Crippen molar-refractivity contribution in [3.8, 4) is 33.8 Å². The predicted molar refractivity (Wildman–Crippen MR) is 241 cm³/mol. The minimum atomic E-state index is -0.630. The summed E-state index contributed by atoms with van der Waals surface area (Å²) in [6.07, 6.45) is 0. The first kappa shape index (κ1) is 32.7. The zero-order chi connectivity index (χ0) is 39.0. The number of benzene rings is 9. The summed E-state index contributed by atoms with van der Waals surface area (Å²) in [5.74, 6) is 1.80. The van der Waals surface area contributed by atoms with Crippen LogP contribution in [0.1, 0.15) is 47.2 Å². The molecule has 1 aliphatic heterocycles. The van der Waals surface area contributed by atoms with Crippen molar-refractivity contribution in [1.29, 1.82) is 0 Å². The fourth-order valence-corrected chi connectivity index (χ4v) is 10.9. The Hall–Kier alpha value is -7.36. The summed E-state index contributed by atoms with van der Waals surface area (Å²) in [7, 11) is 0. The maximum atomic E-state index is 6.97. The number of ether oxygens (including phenoxy) is 1. The summed E-state index contributed by atoms with van der Waals surface area (Å²) in [6.45, 7) is 4.71. The Balaban J connectivity index is 1.12. The zero-order valence-electron chi connectivity index (χ0n) is 32.7. The van der Waals surface area contributed by atoms with Crippen LogP contribution in [0.25, 0.3) is 55.0 Å². The third-order valence-electron chi connectivity index (χ3n) is 13.5. The van der Waals surface area contributed by atoms with Crippen LogP contribution in [-0.2, 0) is 10.8 Å². The minimum absolute atomic E-state index is 0.166. The van der Waals surface area contributed by atoms with Gasteiger partial charge in [-0.1, -0.05) is 159 Å². The fourth-order valence-electron chi connectivity index (χ4n) is 10.9. The number of anilines is 3. The molecule has 1 unspecified atom stereocenters. The molecule has 0 bridgehead atoms. The molecular weight excluding hydrogens is 719 g/mol. The number of hydrogen-bond donors (Lipinski definition) is 0. The van der Waals surface area contributed by atoms with Gasteiger partial charge < -0.3 is 14.1 Å². The van der Waals surface area contributed by atoms with Gasteiger partial charge in [-0.25, -0.2) is 0 Å². The van der Waals surface area contributed by atoms with Gasteiger partial charge in [-0.05, 0) is 92.4 Å². The van der Waals surface area contributed by atoms with Crippen molar-refractivity contribution in [2.24, 2.45) is 0 Å². The molecule has 0 amide bonds. The van der Waals surface area contributed by atoms with E-state index < -0.39 is 5.41 Å². The summed E-state index contributed by atoms with van der Waals surface area (Å²) in [5, 5.41) is 4.48. The van der Waals surface area contributed by atoms with Crippen LogP contribution in [0.5, 0.6) is 11.5 Å². The lowest BCUT2D eigenvalue weighted by molar-refractivity contribution is 0.441. The van der Waals surface area contributed by atoms with Gasteiger partial charge in [0.1, 0.15) is 17.1 Å². The molecule has 1 spiro atoms. The molecule has 1 aromatic heterocycles. The van der Waals surface area contributed by atoms with Crippen molar-refractivity contribution < 1.29 is 9.15 Å². The molecule has 0 saturated carbocycles. The van der Waals surface area contributed by atoms with Gasteiger partial charge in [0.15, 0.2) is 5.58 Å². The molecule has 0 fully saturated rings. The van der Waals surface area contributed by atoms with E-state index in [4.69, 9.17) is 9.15 Å². The molecule has 13 rings (SSSR count). The highest BCUT2D eigenvalue weighted by molar-refractivity contribution is 6.10. The second-order valence-corrected chi connectivity index (χ2v) is 16.8. The Morgan fingerprint density at radius 1 is 0.424 bits per heavy atom. The Morgan fingerprint density at radius 3 is 1.86 bits per heavy atom. The SMILES string of the molecule is CC1(C)c2ccccc2-c2ccc(N(c3ccc4c(c3)C3(c5ccccc5Oc5c3ccc3ccccc53)c3ccccc3-4)c3cccc4c3oc3ccccc34)cc21. The molecule has 3 aliphatic rings. The molecule has 278 valence electrons. The third-order valence-corrected chi connectivity index (χ3v) is 13.5. The van der Waals surface area contributed by atoms with E-state index in [1.807, 2.05) is 6.07 Å². The average Bonchev–Trinajstić information content (AvgIpc) is 3.88. The van der Waals surface area contributed by atoms with Crippen LogP contribution in [0.3, 0.4) is 0 Å². The molecule has 10 aromatic rings. The van der Waals surface area contributed by atoms with Gasteiger partial charge in [-0.2, -0.15) is 0 Å². The van der Waals surface area contributed by atoms with E-state index in [-0.39, 0.29) is 5.41 Å². The summed E-state index contributed by atoms with van der Waals surface area (Å²) in [5.41, 5.74) is 16.7. The fraction of sp³-hybridized carbons (Fsp3) is 0.0714. The van der Waals surface area contributed by atoms with Gasteiger partial charge in [0.05, 0.1) is 11.1 Å². The number of fused-ring (bicyclic) bond motifs is 17. The van der Waals surface area contributed by atoms with Crippen LogP contribution < -0.4 is 9.64 Å². The quantitative estimate of drug-likeness (QED) is 0.180. The molecule has 0 saturated heterocycles. The van der Waals surface area contributed by atoms with Gasteiger partial charge in [0.2, 0.25) is 0 Å². The second-order valence-electron chi connectivity index (χ2n) is 16.8. The van der Waals surface area contributed by atoms with Crippen molar-refractivity contribution in [3.05, 3.63) is 221 Å². The molecule has 1 atom stereocenters. The molecule has 9 aromatic carbocycles. The lowest BCUT2D eigenvalue weighted by Gasteiger charge is -2.40. The summed E-state index contributed by atoms with van der Waals surface area (Å²) < 4.78 is 13.8. The van der Waals surface area contributed by atoms with E-state index >= 15 is 0 Å². The highest BCUT2D eigenvalue weighted by Crippen LogP contribution is 2.64. The molecule has 2 heterocycles. The average molecular weight is 756 g/mol. The Kier molecular flexibility index (Phi) is 6.44. The molecule has 2 aliphatic carbocycles. The van der Waals surface area contributed by atoms with Crippen LogP contribution in [0.15, 0.2) is 192 Å². The van der Waals surface area contributed by atoms with E-state index in [1.54, 1.807) is 0 Å². The number of hydrogen-bond acceptors (Lipinski definition) is 3. The number of nitrogens with zero attached hydrogens (tertiary/aromatic N) is 1. The summed E-state index contributed by atoms with van der Waals surface area (Å²) >= 11 is 0. The predicted octanol–water partition coefficient (Wildman–Crippen LogP) is 15.0. The molecular formula is C56H37NO2. The van der Waals surface area contributed by atoms with Gasteiger partial charge in [0.25, 0.3) is 0 Å². The topological polar surface area (TPSA) is 25.6 Å². The van der Waals surface area contributed by atoms with Crippen molar-refractivity contribution >= 4 is 49.8 Å². The van der Waals surface area contributed by atoms with E-state index in [9.17, 15) is 0 Å². The number of para-hydroxylation sites is 3. The van der Waals surface area contributed by atoms with E-state index in [0.717, 1.165) is 72.4 Å². The molecule has 59 heavy (non-hydrogen) atoms. The monoisotopic (exact) mass is 755 g/mol. The molecule has 0 radical (unpaired) electrons. The first-order valence-electron chi connectivity index (χ1n) is 20.5. The number of furan rings is 1. The Morgan fingerprint density at radius 2 is 1.03 bits per heavy atom. The lowest BCUT2D eigenvalue weighted by atomic mass is 9.65. The maximum absolute atomic E-state index is 6.97. The molecule has 3 heteroatoms. The molecule has 3 nitrogen and oxygen atoms in total. The maximum Gasteiger partial charge on any atom is 0.159 e. The van der Waals surface area contributed by atoms with Crippen LogP contribution in [-0.4, -0.2) is 0 Å². The first-order valence-corrected chi connectivity index (χ1v) is 20.5. The summed E-state index contributed by atoms with van der Waals surface area (Å²) in [4.78, 5) is 2.42. The van der Waals surface area contributed by atoms with Crippen LogP contribution in [0, 0.1) is 0 Å². The highest BCUT2D eigenvalue weighted by Gasteiger charge is 2.51. The Bertz CT molecular complexity index is 3420. The lowest BCUT2D eigenvalue weighted by Crippen LogP contribution is -2.32. The summed E-state index contributed by atoms with van der Waals surface area (Å²) in [6, 6.07) is 68.7. The molecule has 0 N–H and O–H groups in total. The minimum Gasteiger partial charge on any atom is -0.456 e. The normalized spacial score (nSPS) is 16.3.